The van der Waals surface area contributed by atoms with Gasteiger partial charge >= 0.3 is 5.97 Å². The molecule has 0 saturated heterocycles. The minimum atomic E-state index is -3.00. The molecule has 0 saturated carbocycles. The van der Waals surface area contributed by atoms with Gasteiger partial charge in [-0.3, -0.25) is 0 Å². The Balaban J connectivity index is 2.61. The maximum Gasteiger partial charge on any atom is 0.339 e. The Morgan fingerprint density at radius 1 is 1.42 bits per heavy atom. The largest absolute Gasteiger partial charge is 0.493 e. The standard InChI is InChI=1S/C12H15IO5S/c1-2-19(16,17)7-3-6-18-11-5-4-9(13)8-10(11)12(14)15/h4-5,8H,2-3,6-7H2,1H3,(H,14,15). The Labute approximate surface area is 126 Å². The zero-order chi connectivity index (χ0) is 14.5. The van der Waals surface area contributed by atoms with Crippen LogP contribution in [-0.2, 0) is 9.84 Å². The number of benzene rings is 1. The first-order valence-corrected chi connectivity index (χ1v) is 8.62. The molecule has 0 spiro atoms. The summed E-state index contributed by atoms with van der Waals surface area (Å²) >= 11 is 2.02. The number of ether oxygens (including phenoxy) is 1. The van der Waals surface area contributed by atoms with Gasteiger partial charge < -0.3 is 9.84 Å². The van der Waals surface area contributed by atoms with Crippen molar-refractivity contribution in [3.8, 4) is 5.75 Å². The molecular weight excluding hydrogens is 383 g/mol. The van der Waals surface area contributed by atoms with Gasteiger partial charge in [-0.05, 0) is 47.2 Å². The summed E-state index contributed by atoms with van der Waals surface area (Å²) in [5, 5.41) is 9.03. The Bertz CT molecular complexity index is 553. The van der Waals surface area contributed by atoms with E-state index in [4.69, 9.17) is 9.84 Å². The van der Waals surface area contributed by atoms with Crippen LogP contribution in [0.4, 0.5) is 0 Å². The van der Waals surface area contributed by atoms with Crippen LogP contribution in [0, 0.1) is 3.57 Å². The van der Waals surface area contributed by atoms with Crippen molar-refractivity contribution in [3.05, 3.63) is 27.3 Å². The number of hydrogen-bond donors (Lipinski definition) is 1. The summed E-state index contributed by atoms with van der Waals surface area (Å²) in [6, 6.07) is 4.84. The van der Waals surface area contributed by atoms with E-state index in [1.165, 1.54) is 6.07 Å². The molecular formula is C12H15IO5S. The third-order valence-electron chi connectivity index (χ3n) is 2.47. The fourth-order valence-electron chi connectivity index (χ4n) is 1.40. The molecule has 0 radical (unpaired) electrons. The van der Waals surface area contributed by atoms with E-state index in [1.54, 1.807) is 19.1 Å². The average Bonchev–Trinajstić information content (AvgIpc) is 2.36. The lowest BCUT2D eigenvalue weighted by Crippen LogP contribution is -2.12. The van der Waals surface area contributed by atoms with Crippen molar-refractivity contribution in [2.24, 2.45) is 0 Å². The van der Waals surface area contributed by atoms with Gasteiger partial charge in [0.1, 0.15) is 21.2 Å². The van der Waals surface area contributed by atoms with Crippen molar-refractivity contribution in [3.63, 3.8) is 0 Å². The highest BCUT2D eigenvalue weighted by molar-refractivity contribution is 14.1. The second-order valence-electron chi connectivity index (χ2n) is 3.88. The number of carbonyl (C=O) groups is 1. The first-order valence-electron chi connectivity index (χ1n) is 5.72. The van der Waals surface area contributed by atoms with Crippen molar-refractivity contribution in [2.45, 2.75) is 13.3 Å². The number of rotatable bonds is 7. The zero-order valence-electron chi connectivity index (χ0n) is 10.4. The first-order chi connectivity index (χ1) is 8.85. The van der Waals surface area contributed by atoms with Crippen LogP contribution in [0.1, 0.15) is 23.7 Å². The van der Waals surface area contributed by atoms with Crippen LogP contribution in [0.2, 0.25) is 0 Å². The predicted octanol–water partition coefficient (Wildman–Crippen LogP) is 2.19. The van der Waals surface area contributed by atoms with Crippen molar-refractivity contribution >= 4 is 38.4 Å². The van der Waals surface area contributed by atoms with Gasteiger partial charge in [-0.25, -0.2) is 13.2 Å². The quantitative estimate of drug-likeness (QED) is 0.563. The number of sulfone groups is 1. The molecule has 1 N–H and O–H groups in total. The highest BCUT2D eigenvalue weighted by Gasteiger charge is 2.12. The Hall–Kier alpha value is -0.830. The van der Waals surface area contributed by atoms with Gasteiger partial charge in [0.25, 0.3) is 0 Å². The summed E-state index contributed by atoms with van der Waals surface area (Å²) in [5.74, 6) is -0.635. The summed E-state index contributed by atoms with van der Waals surface area (Å²) < 4.78 is 28.7. The smallest absolute Gasteiger partial charge is 0.339 e. The molecule has 1 aromatic carbocycles. The lowest BCUT2D eigenvalue weighted by Gasteiger charge is -2.09. The summed E-state index contributed by atoms with van der Waals surface area (Å²) in [7, 11) is -3.00. The summed E-state index contributed by atoms with van der Waals surface area (Å²) in [5.41, 5.74) is 0.0882. The van der Waals surface area contributed by atoms with Gasteiger partial charge in [-0.1, -0.05) is 6.92 Å². The number of hydrogen-bond acceptors (Lipinski definition) is 4. The van der Waals surface area contributed by atoms with Crippen LogP contribution in [0.3, 0.4) is 0 Å². The first kappa shape index (κ1) is 16.2. The maximum absolute atomic E-state index is 11.3. The third-order valence-corrected chi connectivity index (χ3v) is 4.93. The minimum Gasteiger partial charge on any atom is -0.493 e. The molecule has 0 fully saturated rings. The average molecular weight is 398 g/mol. The van der Waals surface area contributed by atoms with Crippen molar-refractivity contribution in [2.75, 3.05) is 18.1 Å². The van der Waals surface area contributed by atoms with Crippen LogP contribution in [0.15, 0.2) is 18.2 Å². The minimum absolute atomic E-state index is 0.0519. The van der Waals surface area contributed by atoms with Gasteiger partial charge in [0.15, 0.2) is 0 Å². The summed E-state index contributed by atoms with van der Waals surface area (Å²) in [6.45, 7) is 1.78. The number of aromatic carboxylic acids is 1. The molecule has 5 nitrogen and oxygen atoms in total. The van der Waals surface area contributed by atoms with Gasteiger partial charge in [0.2, 0.25) is 0 Å². The topological polar surface area (TPSA) is 80.7 Å². The fraction of sp³-hybridized carbons (Fsp3) is 0.417. The van der Waals surface area contributed by atoms with Gasteiger partial charge in [-0.2, -0.15) is 0 Å². The van der Waals surface area contributed by atoms with E-state index in [-0.39, 0.29) is 29.4 Å². The van der Waals surface area contributed by atoms with E-state index < -0.39 is 15.8 Å². The monoisotopic (exact) mass is 398 g/mol. The molecule has 19 heavy (non-hydrogen) atoms. The van der Waals surface area contributed by atoms with Crippen molar-refractivity contribution in [1.29, 1.82) is 0 Å². The normalized spacial score (nSPS) is 11.3. The maximum atomic E-state index is 11.3. The van der Waals surface area contributed by atoms with Gasteiger partial charge in [-0.15, -0.1) is 0 Å². The fourth-order valence-corrected chi connectivity index (χ4v) is 2.74. The third kappa shape index (κ3) is 5.35. The van der Waals surface area contributed by atoms with Crippen LogP contribution in [0.25, 0.3) is 0 Å². The Morgan fingerprint density at radius 2 is 2.11 bits per heavy atom. The van der Waals surface area contributed by atoms with Crippen LogP contribution < -0.4 is 4.74 Å². The zero-order valence-corrected chi connectivity index (χ0v) is 13.4. The molecule has 0 amide bonds. The molecule has 0 aromatic heterocycles. The van der Waals surface area contributed by atoms with Crippen molar-refractivity contribution < 1.29 is 23.1 Å². The second kappa shape index (κ2) is 7.09. The van der Waals surface area contributed by atoms with E-state index in [1.807, 2.05) is 22.6 Å². The molecule has 0 heterocycles. The number of halogens is 1. The molecule has 0 aliphatic rings. The van der Waals surface area contributed by atoms with Gasteiger partial charge in [0, 0.05) is 9.32 Å². The van der Waals surface area contributed by atoms with Crippen LogP contribution in [-0.4, -0.2) is 37.6 Å². The molecule has 0 aliphatic carbocycles. The number of carboxylic acid groups (broad SMARTS) is 1. The summed E-state index contributed by atoms with van der Waals surface area (Å²) in [6.07, 6.45) is 0.348. The Morgan fingerprint density at radius 3 is 2.68 bits per heavy atom. The van der Waals surface area contributed by atoms with E-state index in [0.717, 1.165) is 3.57 Å². The van der Waals surface area contributed by atoms with Gasteiger partial charge in [0.05, 0.1) is 12.4 Å². The van der Waals surface area contributed by atoms with E-state index in [0.29, 0.717) is 6.42 Å². The lowest BCUT2D eigenvalue weighted by molar-refractivity contribution is 0.0692. The second-order valence-corrected chi connectivity index (χ2v) is 7.60. The molecule has 7 heteroatoms. The van der Waals surface area contributed by atoms with E-state index in [2.05, 4.69) is 0 Å². The predicted molar refractivity (Wildman–Crippen MR) is 80.6 cm³/mol. The molecule has 106 valence electrons. The van der Waals surface area contributed by atoms with Crippen molar-refractivity contribution in [1.82, 2.24) is 0 Å². The molecule has 0 aliphatic heterocycles. The molecule has 0 unspecified atom stereocenters. The molecule has 0 atom stereocenters. The lowest BCUT2D eigenvalue weighted by atomic mass is 10.2. The van der Waals surface area contributed by atoms with Crippen LogP contribution >= 0.6 is 22.6 Å². The van der Waals surface area contributed by atoms with E-state index >= 15 is 0 Å². The Kier molecular flexibility index (Phi) is 6.05. The SMILES string of the molecule is CCS(=O)(=O)CCCOc1ccc(I)cc1C(=O)O. The molecule has 1 aromatic rings. The highest BCUT2D eigenvalue weighted by Crippen LogP contribution is 2.21. The number of carboxylic acids is 1. The molecule has 1 rings (SSSR count). The molecule has 0 bridgehead atoms. The van der Waals surface area contributed by atoms with E-state index in [9.17, 15) is 13.2 Å². The highest BCUT2D eigenvalue weighted by atomic mass is 127. The van der Waals surface area contributed by atoms with Crippen LogP contribution in [0.5, 0.6) is 5.75 Å². The summed E-state index contributed by atoms with van der Waals surface area (Å²) in [4.78, 5) is 11.0.